The first-order valence-electron chi connectivity index (χ1n) is 10.8. The molecule has 9 nitrogen and oxygen atoms in total. The number of amides is 1. The summed E-state index contributed by atoms with van der Waals surface area (Å²) in [6.45, 7) is 1.37. The maximum atomic E-state index is 13.2. The molecule has 3 aromatic rings. The van der Waals surface area contributed by atoms with E-state index in [2.05, 4.69) is 20.5 Å². The van der Waals surface area contributed by atoms with Crippen molar-refractivity contribution in [3.8, 4) is 28.5 Å². The zero-order valence-electron chi connectivity index (χ0n) is 19.0. The zero-order valence-corrected chi connectivity index (χ0v) is 19.0. The Hall–Kier alpha value is -3.59. The van der Waals surface area contributed by atoms with E-state index in [1.54, 1.807) is 51.9 Å². The number of aromatic amines is 1. The van der Waals surface area contributed by atoms with E-state index in [1.807, 2.05) is 12.1 Å². The number of pyridine rings is 1. The van der Waals surface area contributed by atoms with Crippen molar-refractivity contribution in [1.82, 2.24) is 20.5 Å². The third kappa shape index (κ3) is 4.93. The predicted molar refractivity (Wildman–Crippen MR) is 122 cm³/mol. The van der Waals surface area contributed by atoms with Gasteiger partial charge in [-0.25, -0.2) is 0 Å². The summed E-state index contributed by atoms with van der Waals surface area (Å²) in [5.74, 6) is 1.55. The van der Waals surface area contributed by atoms with Gasteiger partial charge in [0.15, 0.2) is 11.5 Å². The molecule has 0 spiro atoms. The molecule has 1 fully saturated rings. The van der Waals surface area contributed by atoms with Gasteiger partial charge < -0.3 is 24.3 Å². The first-order valence-corrected chi connectivity index (χ1v) is 10.8. The van der Waals surface area contributed by atoms with Crippen LogP contribution in [0.1, 0.15) is 34.9 Å². The molecular weight excluding hydrogens is 424 g/mol. The van der Waals surface area contributed by atoms with Crippen molar-refractivity contribution in [2.45, 2.75) is 18.9 Å². The minimum Gasteiger partial charge on any atom is -0.493 e. The fourth-order valence-corrected chi connectivity index (χ4v) is 4.12. The van der Waals surface area contributed by atoms with Crippen LogP contribution in [0.3, 0.4) is 0 Å². The lowest BCUT2D eigenvalue weighted by Crippen LogP contribution is -2.36. The highest BCUT2D eigenvalue weighted by molar-refractivity contribution is 5.93. The Kier molecular flexibility index (Phi) is 7.09. The van der Waals surface area contributed by atoms with Gasteiger partial charge in [-0.3, -0.25) is 14.9 Å². The first kappa shape index (κ1) is 22.6. The van der Waals surface area contributed by atoms with Crippen LogP contribution in [-0.2, 0) is 4.74 Å². The van der Waals surface area contributed by atoms with Crippen molar-refractivity contribution >= 4 is 5.91 Å². The van der Waals surface area contributed by atoms with E-state index < -0.39 is 0 Å². The molecular formula is C24H28N4O5. The normalized spacial score (nSPS) is 15.0. The van der Waals surface area contributed by atoms with Crippen molar-refractivity contribution in [3.05, 3.63) is 54.0 Å². The number of nitrogens with zero attached hydrogens (tertiary/aromatic N) is 2. The van der Waals surface area contributed by atoms with E-state index in [9.17, 15) is 4.79 Å². The molecule has 1 amide bonds. The van der Waals surface area contributed by atoms with Crippen LogP contribution in [0.5, 0.6) is 17.2 Å². The lowest BCUT2D eigenvalue weighted by Gasteiger charge is -2.31. The minimum absolute atomic E-state index is 0.164. The second-order valence-corrected chi connectivity index (χ2v) is 7.77. The van der Waals surface area contributed by atoms with Gasteiger partial charge in [0.1, 0.15) is 5.69 Å². The number of nitrogens with one attached hydrogen (secondary N) is 2. The molecule has 0 aliphatic carbocycles. The van der Waals surface area contributed by atoms with Crippen LogP contribution in [-0.4, -0.2) is 55.6 Å². The van der Waals surface area contributed by atoms with Crippen LogP contribution in [0, 0.1) is 5.92 Å². The van der Waals surface area contributed by atoms with E-state index in [0.29, 0.717) is 41.9 Å². The summed E-state index contributed by atoms with van der Waals surface area (Å²) in [5.41, 5.74) is 2.65. The number of aromatic nitrogens is 3. The largest absolute Gasteiger partial charge is 0.493 e. The van der Waals surface area contributed by atoms with Crippen LogP contribution in [0.25, 0.3) is 11.3 Å². The molecule has 33 heavy (non-hydrogen) atoms. The standard InChI is InChI=1S/C24H28N4O5/c1-30-20-11-17(12-21(31-2)23(20)32-3)18-13-19(28-27-18)24(29)26-22(15-6-9-33-10-7-15)16-5-4-8-25-14-16/h4-5,8,11-15,22H,6-7,9-10H2,1-3H3,(H,26,29)(H,27,28). The average molecular weight is 453 g/mol. The maximum Gasteiger partial charge on any atom is 0.269 e. The summed E-state index contributed by atoms with van der Waals surface area (Å²) in [5, 5.41) is 10.4. The summed E-state index contributed by atoms with van der Waals surface area (Å²) in [6.07, 6.45) is 5.28. The average Bonchev–Trinajstić information content (AvgIpc) is 3.38. The molecule has 2 N–H and O–H groups in total. The van der Waals surface area contributed by atoms with Gasteiger partial charge >= 0.3 is 0 Å². The number of carbonyl (C=O) groups excluding carboxylic acids is 1. The van der Waals surface area contributed by atoms with Gasteiger partial charge in [-0.2, -0.15) is 5.10 Å². The molecule has 0 radical (unpaired) electrons. The van der Waals surface area contributed by atoms with Crippen LogP contribution < -0.4 is 19.5 Å². The monoisotopic (exact) mass is 452 g/mol. The number of carbonyl (C=O) groups is 1. The van der Waals surface area contributed by atoms with Crippen molar-refractivity contribution in [1.29, 1.82) is 0 Å². The van der Waals surface area contributed by atoms with Gasteiger partial charge in [0, 0.05) is 31.2 Å². The van der Waals surface area contributed by atoms with E-state index in [1.165, 1.54) is 0 Å². The highest BCUT2D eigenvalue weighted by Gasteiger charge is 2.28. The molecule has 1 aromatic carbocycles. The Morgan fingerprint density at radius 1 is 1.12 bits per heavy atom. The quantitative estimate of drug-likeness (QED) is 0.539. The Bertz CT molecular complexity index is 1050. The first-order chi connectivity index (χ1) is 16.1. The van der Waals surface area contributed by atoms with Crippen molar-refractivity contribution in [2.24, 2.45) is 5.92 Å². The number of hydrogen-bond acceptors (Lipinski definition) is 7. The zero-order chi connectivity index (χ0) is 23.2. The van der Waals surface area contributed by atoms with E-state index in [-0.39, 0.29) is 17.9 Å². The Balaban J connectivity index is 1.58. The molecule has 0 bridgehead atoms. The van der Waals surface area contributed by atoms with Crippen LogP contribution in [0.2, 0.25) is 0 Å². The fraction of sp³-hybridized carbons (Fsp3) is 0.375. The third-order valence-electron chi connectivity index (χ3n) is 5.85. The minimum atomic E-state index is -0.235. The van der Waals surface area contributed by atoms with Crippen molar-refractivity contribution in [2.75, 3.05) is 34.5 Å². The maximum absolute atomic E-state index is 13.2. The molecule has 9 heteroatoms. The molecule has 1 unspecified atom stereocenters. The molecule has 1 aliphatic rings. The molecule has 0 saturated carbocycles. The van der Waals surface area contributed by atoms with Gasteiger partial charge in [0.2, 0.25) is 5.75 Å². The number of ether oxygens (including phenoxy) is 4. The van der Waals surface area contributed by atoms with Gasteiger partial charge in [-0.05, 0) is 48.6 Å². The summed E-state index contributed by atoms with van der Waals surface area (Å²) >= 11 is 0. The summed E-state index contributed by atoms with van der Waals surface area (Å²) in [4.78, 5) is 17.4. The molecule has 1 saturated heterocycles. The number of methoxy groups -OCH3 is 3. The lowest BCUT2D eigenvalue weighted by molar-refractivity contribution is 0.0513. The Labute approximate surface area is 192 Å². The van der Waals surface area contributed by atoms with E-state index in [4.69, 9.17) is 18.9 Å². The van der Waals surface area contributed by atoms with Crippen LogP contribution >= 0.6 is 0 Å². The van der Waals surface area contributed by atoms with Crippen LogP contribution in [0.15, 0.2) is 42.7 Å². The highest BCUT2D eigenvalue weighted by atomic mass is 16.5. The van der Waals surface area contributed by atoms with Gasteiger partial charge in [-0.15, -0.1) is 0 Å². The van der Waals surface area contributed by atoms with Gasteiger partial charge in [0.25, 0.3) is 5.91 Å². The second kappa shape index (κ2) is 10.4. The predicted octanol–water partition coefficient (Wildman–Crippen LogP) is 3.40. The van der Waals surface area contributed by atoms with Crippen LogP contribution in [0.4, 0.5) is 0 Å². The number of rotatable bonds is 8. The van der Waals surface area contributed by atoms with E-state index in [0.717, 1.165) is 24.0 Å². The van der Waals surface area contributed by atoms with Gasteiger partial charge in [-0.1, -0.05) is 6.07 Å². The van der Waals surface area contributed by atoms with Gasteiger partial charge in [0.05, 0.1) is 33.1 Å². The summed E-state index contributed by atoms with van der Waals surface area (Å²) in [7, 11) is 4.66. The van der Waals surface area contributed by atoms with E-state index >= 15 is 0 Å². The molecule has 174 valence electrons. The lowest BCUT2D eigenvalue weighted by atomic mass is 9.87. The van der Waals surface area contributed by atoms with Crippen molar-refractivity contribution < 1.29 is 23.7 Å². The second-order valence-electron chi connectivity index (χ2n) is 7.77. The number of hydrogen-bond donors (Lipinski definition) is 2. The SMILES string of the molecule is COc1cc(-c2cc(C(=O)NC(c3cccnc3)C3CCOCC3)[nH]n2)cc(OC)c1OC. The number of benzene rings is 1. The highest BCUT2D eigenvalue weighted by Crippen LogP contribution is 2.41. The molecule has 3 heterocycles. The Morgan fingerprint density at radius 2 is 1.85 bits per heavy atom. The summed E-state index contributed by atoms with van der Waals surface area (Å²) < 4.78 is 21.7. The molecule has 4 rings (SSSR count). The smallest absolute Gasteiger partial charge is 0.269 e. The fourth-order valence-electron chi connectivity index (χ4n) is 4.12. The topological polar surface area (TPSA) is 108 Å². The summed E-state index contributed by atoms with van der Waals surface area (Å²) in [6, 6.07) is 9.00. The molecule has 1 atom stereocenters. The number of H-pyrrole nitrogens is 1. The van der Waals surface area contributed by atoms with Crippen molar-refractivity contribution in [3.63, 3.8) is 0 Å². The Morgan fingerprint density at radius 3 is 2.45 bits per heavy atom. The molecule has 1 aliphatic heterocycles. The molecule has 2 aromatic heterocycles. The third-order valence-corrected chi connectivity index (χ3v) is 5.85.